The maximum absolute atomic E-state index is 9.66. The van der Waals surface area contributed by atoms with Gasteiger partial charge in [-0.2, -0.15) is 0 Å². The monoisotopic (exact) mass is 156 g/mol. The second-order valence-electron chi connectivity index (χ2n) is 4.22. The first-order valence-electron chi connectivity index (χ1n) is 3.94. The van der Waals surface area contributed by atoms with Gasteiger partial charge >= 0.3 is 0 Å². The van der Waals surface area contributed by atoms with Crippen LogP contribution in [0.5, 0.6) is 0 Å². The van der Waals surface area contributed by atoms with Crippen molar-refractivity contribution in [1.29, 1.82) is 0 Å². The first kappa shape index (κ1) is 8.75. The third-order valence-electron chi connectivity index (χ3n) is 2.39. The molecule has 0 bridgehead atoms. The molecule has 2 heteroatoms. The summed E-state index contributed by atoms with van der Waals surface area (Å²) < 4.78 is 0. The summed E-state index contributed by atoms with van der Waals surface area (Å²) in [6, 6.07) is 0. The largest absolute Gasteiger partial charge is 0.389 e. The van der Waals surface area contributed by atoms with Crippen LogP contribution < -0.4 is 0 Å². The second kappa shape index (κ2) is 2.32. The number of allylic oxidation sites excluding steroid dienone is 1. The number of aliphatic hydroxyl groups excluding tert-OH is 1. The zero-order chi connectivity index (χ0) is 8.70. The molecule has 1 aliphatic carbocycles. The van der Waals surface area contributed by atoms with Crippen molar-refractivity contribution in [2.24, 2.45) is 5.41 Å². The van der Waals surface area contributed by atoms with E-state index in [1.54, 1.807) is 13.0 Å². The average molecular weight is 156 g/mol. The standard InChI is InChI=1S/C9H16O2/c1-8(2)5-4-6-9(3,11)7(8)10/h4,6-7,10-11H,5H2,1-3H3. The van der Waals surface area contributed by atoms with Gasteiger partial charge in [-0.3, -0.25) is 0 Å². The van der Waals surface area contributed by atoms with E-state index in [0.29, 0.717) is 0 Å². The number of hydrogen-bond acceptors (Lipinski definition) is 2. The molecule has 0 aromatic heterocycles. The highest BCUT2D eigenvalue weighted by Crippen LogP contribution is 2.36. The molecule has 64 valence electrons. The molecule has 2 nitrogen and oxygen atoms in total. The normalized spacial score (nSPS) is 42.5. The van der Waals surface area contributed by atoms with Crippen LogP contribution in [0.15, 0.2) is 12.2 Å². The van der Waals surface area contributed by atoms with E-state index in [-0.39, 0.29) is 5.41 Å². The Hall–Kier alpha value is -0.340. The second-order valence-corrected chi connectivity index (χ2v) is 4.22. The van der Waals surface area contributed by atoms with Gasteiger partial charge in [-0.05, 0) is 18.8 Å². The summed E-state index contributed by atoms with van der Waals surface area (Å²) in [7, 11) is 0. The first-order chi connectivity index (χ1) is 4.86. The highest BCUT2D eigenvalue weighted by molar-refractivity contribution is 5.12. The van der Waals surface area contributed by atoms with Gasteiger partial charge in [0, 0.05) is 0 Å². The molecule has 0 aromatic carbocycles. The molecule has 0 amide bonds. The van der Waals surface area contributed by atoms with E-state index in [1.165, 1.54) is 0 Å². The van der Waals surface area contributed by atoms with Crippen LogP contribution in [0.2, 0.25) is 0 Å². The lowest BCUT2D eigenvalue weighted by atomic mass is 9.72. The van der Waals surface area contributed by atoms with Crippen LogP contribution in [0, 0.1) is 5.41 Å². The highest BCUT2D eigenvalue weighted by atomic mass is 16.3. The van der Waals surface area contributed by atoms with E-state index < -0.39 is 11.7 Å². The van der Waals surface area contributed by atoms with Crippen molar-refractivity contribution in [1.82, 2.24) is 0 Å². The third-order valence-corrected chi connectivity index (χ3v) is 2.39. The molecule has 1 aliphatic rings. The lowest BCUT2D eigenvalue weighted by Crippen LogP contribution is -2.49. The van der Waals surface area contributed by atoms with Gasteiger partial charge < -0.3 is 10.2 Å². The maximum Gasteiger partial charge on any atom is 0.106 e. The van der Waals surface area contributed by atoms with E-state index in [9.17, 15) is 10.2 Å². The van der Waals surface area contributed by atoms with Crippen LogP contribution in [-0.2, 0) is 0 Å². The van der Waals surface area contributed by atoms with Crippen LogP contribution in [0.3, 0.4) is 0 Å². The molecule has 0 radical (unpaired) electrons. The van der Waals surface area contributed by atoms with Crippen LogP contribution in [0.4, 0.5) is 0 Å². The molecular formula is C9H16O2. The van der Waals surface area contributed by atoms with E-state index >= 15 is 0 Å². The fourth-order valence-electron chi connectivity index (χ4n) is 1.60. The molecule has 0 saturated carbocycles. The first-order valence-corrected chi connectivity index (χ1v) is 3.94. The van der Waals surface area contributed by atoms with Gasteiger partial charge in [0.1, 0.15) is 5.60 Å². The van der Waals surface area contributed by atoms with E-state index in [4.69, 9.17) is 0 Å². The fraction of sp³-hybridized carbons (Fsp3) is 0.778. The Morgan fingerprint density at radius 2 is 1.91 bits per heavy atom. The predicted molar refractivity (Wildman–Crippen MR) is 44.2 cm³/mol. The Morgan fingerprint density at radius 1 is 1.36 bits per heavy atom. The van der Waals surface area contributed by atoms with Gasteiger partial charge in [0.15, 0.2) is 0 Å². The minimum atomic E-state index is -1.05. The zero-order valence-corrected chi connectivity index (χ0v) is 7.33. The van der Waals surface area contributed by atoms with Crippen molar-refractivity contribution in [3.05, 3.63) is 12.2 Å². The van der Waals surface area contributed by atoms with Crippen LogP contribution in [0.25, 0.3) is 0 Å². The fourth-order valence-corrected chi connectivity index (χ4v) is 1.60. The summed E-state index contributed by atoms with van der Waals surface area (Å²) in [5.41, 5.74) is -1.26. The maximum atomic E-state index is 9.66. The summed E-state index contributed by atoms with van der Waals surface area (Å²) in [4.78, 5) is 0. The highest BCUT2D eigenvalue weighted by Gasteiger charge is 2.41. The van der Waals surface area contributed by atoms with Gasteiger partial charge in [0.25, 0.3) is 0 Å². The molecule has 0 aliphatic heterocycles. The van der Waals surface area contributed by atoms with Crippen molar-refractivity contribution >= 4 is 0 Å². The number of aliphatic hydroxyl groups is 2. The quantitative estimate of drug-likeness (QED) is 0.515. The Morgan fingerprint density at radius 3 is 2.27 bits per heavy atom. The molecule has 2 N–H and O–H groups in total. The van der Waals surface area contributed by atoms with Gasteiger partial charge in [0.2, 0.25) is 0 Å². The third kappa shape index (κ3) is 1.47. The Balaban J connectivity index is 2.91. The zero-order valence-electron chi connectivity index (χ0n) is 7.33. The Bertz CT molecular complexity index is 180. The van der Waals surface area contributed by atoms with Crippen LogP contribution in [0.1, 0.15) is 27.2 Å². The topological polar surface area (TPSA) is 40.5 Å². The molecule has 0 heterocycles. The molecular weight excluding hydrogens is 140 g/mol. The molecule has 1 rings (SSSR count). The minimum absolute atomic E-state index is 0.210. The minimum Gasteiger partial charge on any atom is -0.389 e. The molecule has 0 spiro atoms. The van der Waals surface area contributed by atoms with E-state index in [2.05, 4.69) is 0 Å². The lowest BCUT2D eigenvalue weighted by molar-refractivity contribution is -0.0926. The Labute approximate surface area is 67.6 Å². The predicted octanol–water partition coefficient (Wildman–Crippen LogP) is 1.08. The van der Waals surface area contributed by atoms with Crippen molar-refractivity contribution < 1.29 is 10.2 Å². The number of hydrogen-bond donors (Lipinski definition) is 2. The van der Waals surface area contributed by atoms with Crippen molar-refractivity contribution in [2.45, 2.75) is 38.9 Å². The van der Waals surface area contributed by atoms with Crippen molar-refractivity contribution in [3.8, 4) is 0 Å². The smallest absolute Gasteiger partial charge is 0.106 e. The summed E-state index contributed by atoms with van der Waals surface area (Å²) >= 11 is 0. The molecule has 0 saturated heterocycles. The summed E-state index contributed by atoms with van der Waals surface area (Å²) in [6.45, 7) is 5.54. The number of rotatable bonds is 0. The summed E-state index contributed by atoms with van der Waals surface area (Å²) in [6.07, 6.45) is 3.75. The van der Waals surface area contributed by atoms with Crippen LogP contribution in [-0.4, -0.2) is 21.9 Å². The van der Waals surface area contributed by atoms with E-state index in [0.717, 1.165) is 6.42 Å². The molecule has 0 aromatic rings. The van der Waals surface area contributed by atoms with Gasteiger partial charge in [0.05, 0.1) is 6.10 Å². The SMILES string of the molecule is CC1(O)C=CCC(C)(C)C1O. The van der Waals surface area contributed by atoms with Gasteiger partial charge in [-0.25, -0.2) is 0 Å². The molecule has 2 atom stereocenters. The van der Waals surface area contributed by atoms with Crippen molar-refractivity contribution in [2.75, 3.05) is 0 Å². The summed E-state index contributed by atoms with van der Waals surface area (Å²) in [5.74, 6) is 0. The average Bonchev–Trinajstić information content (AvgIpc) is 1.82. The van der Waals surface area contributed by atoms with E-state index in [1.807, 2.05) is 19.9 Å². The van der Waals surface area contributed by atoms with Gasteiger partial charge in [-0.15, -0.1) is 0 Å². The van der Waals surface area contributed by atoms with Gasteiger partial charge in [-0.1, -0.05) is 26.0 Å². The molecule has 0 fully saturated rings. The molecule has 11 heavy (non-hydrogen) atoms. The summed E-state index contributed by atoms with van der Waals surface area (Å²) in [5, 5.41) is 19.3. The van der Waals surface area contributed by atoms with Crippen molar-refractivity contribution in [3.63, 3.8) is 0 Å². The Kier molecular flexibility index (Phi) is 1.85. The lowest BCUT2D eigenvalue weighted by Gasteiger charge is -2.41. The molecule has 2 unspecified atom stereocenters. The van der Waals surface area contributed by atoms with Crippen LogP contribution >= 0.6 is 0 Å².